The predicted octanol–water partition coefficient (Wildman–Crippen LogP) is 2.86. The molecule has 0 radical (unpaired) electrons. The zero-order valence-electron chi connectivity index (χ0n) is 14.9. The van der Waals surface area contributed by atoms with Crippen LogP contribution in [0.25, 0.3) is 0 Å². The Bertz CT molecular complexity index is 690. The predicted molar refractivity (Wildman–Crippen MR) is 110 cm³/mol. The maximum atomic E-state index is 13.0. The number of nitrogens with zero attached hydrogens (tertiary/aromatic N) is 2. The van der Waals surface area contributed by atoms with Crippen LogP contribution in [0.3, 0.4) is 0 Å². The van der Waals surface area contributed by atoms with E-state index in [2.05, 4.69) is 15.6 Å². The standard InChI is InChI=1S/C18H23FN4O2.HI/c1-3-20-18(23(2)13-14-6-8-15(19)9-7-14)22-11-10-21-17(24)16-5-4-12-25-16;/h4-9,12H,3,10-11,13H2,1-2H3,(H,20,22)(H,21,24);1H. The molecule has 6 nitrogen and oxygen atoms in total. The first-order valence-electron chi connectivity index (χ1n) is 8.15. The van der Waals surface area contributed by atoms with Crippen molar-refractivity contribution in [3.8, 4) is 0 Å². The lowest BCUT2D eigenvalue weighted by atomic mass is 10.2. The number of hydrogen-bond donors (Lipinski definition) is 2. The van der Waals surface area contributed by atoms with Crippen LogP contribution in [0, 0.1) is 5.82 Å². The van der Waals surface area contributed by atoms with Gasteiger partial charge in [0.1, 0.15) is 5.82 Å². The molecule has 2 rings (SSSR count). The second-order valence-corrected chi connectivity index (χ2v) is 5.45. The van der Waals surface area contributed by atoms with Gasteiger partial charge in [-0.05, 0) is 36.8 Å². The Morgan fingerprint density at radius 3 is 2.58 bits per heavy atom. The highest BCUT2D eigenvalue weighted by molar-refractivity contribution is 14.0. The van der Waals surface area contributed by atoms with Gasteiger partial charge in [0.05, 0.1) is 12.8 Å². The molecule has 0 unspecified atom stereocenters. The third kappa shape index (κ3) is 7.03. The van der Waals surface area contributed by atoms with Gasteiger partial charge in [0.2, 0.25) is 0 Å². The van der Waals surface area contributed by atoms with Crippen molar-refractivity contribution in [2.75, 3.05) is 26.7 Å². The molecule has 0 aliphatic carbocycles. The molecule has 0 atom stereocenters. The smallest absolute Gasteiger partial charge is 0.287 e. The number of hydrogen-bond acceptors (Lipinski definition) is 3. The molecule has 0 aliphatic rings. The molecule has 1 aromatic heterocycles. The Labute approximate surface area is 169 Å². The minimum absolute atomic E-state index is 0. The van der Waals surface area contributed by atoms with Gasteiger partial charge in [0, 0.05) is 26.7 Å². The van der Waals surface area contributed by atoms with Gasteiger partial charge in [-0.15, -0.1) is 24.0 Å². The largest absolute Gasteiger partial charge is 0.459 e. The molecule has 1 heterocycles. The molecule has 0 bridgehead atoms. The number of aliphatic imine (C=N–C) groups is 1. The SMILES string of the molecule is CCNC(=NCCNC(=O)c1ccco1)N(C)Cc1ccc(F)cc1.I. The normalized spacial score (nSPS) is 10.8. The molecule has 1 amide bonds. The number of nitrogens with one attached hydrogen (secondary N) is 2. The molecule has 0 aliphatic heterocycles. The van der Waals surface area contributed by atoms with Gasteiger partial charge in [0.25, 0.3) is 5.91 Å². The summed E-state index contributed by atoms with van der Waals surface area (Å²) >= 11 is 0. The van der Waals surface area contributed by atoms with Crippen molar-refractivity contribution in [2.24, 2.45) is 4.99 Å². The molecular formula is C18H24FIN4O2. The molecule has 142 valence electrons. The fourth-order valence-corrected chi connectivity index (χ4v) is 2.23. The van der Waals surface area contributed by atoms with Gasteiger partial charge in [-0.25, -0.2) is 4.39 Å². The van der Waals surface area contributed by atoms with E-state index in [0.717, 1.165) is 18.1 Å². The minimum Gasteiger partial charge on any atom is -0.459 e. The molecule has 0 spiro atoms. The lowest BCUT2D eigenvalue weighted by Crippen LogP contribution is -2.39. The average Bonchev–Trinajstić information content (AvgIpc) is 3.14. The van der Waals surface area contributed by atoms with Gasteiger partial charge >= 0.3 is 0 Å². The van der Waals surface area contributed by atoms with E-state index in [9.17, 15) is 9.18 Å². The highest BCUT2D eigenvalue weighted by Crippen LogP contribution is 2.05. The molecule has 26 heavy (non-hydrogen) atoms. The Kier molecular flexibility index (Phi) is 9.71. The first-order chi connectivity index (χ1) is 12.1. The maximum Gasteiger partial charge on any atom is 0.287 e. The molecule has 0 saturated carbocycles. The van der Waals surface area contributed by atoms with Crippen LogP contribution < -0.4 is 10.6 Å². The van der Waals surface area contributed by atoms with Crippen LogP contribution in [0.15, 0.2) is 52.1 Å². The summed E-state index contributed by atoms with van der Waals surface area (Å²) in [7, 11) is 1.91. The van der Waals surface area contributed by atoms with Crippen molar-refractivity contribution in [2.45, 2.75) is 13.5 Å². The first kappa shape index (κ1) is 21.9. The van der Waals surface area contributed by atoms with E-state index >= 15 is 0 Å². The Hall–Kier alpha value is -2.10. The van der Waals surface area contributed by atoms with Crippen LogP contribution in [0.4, 0.5) is 4.39 Å². The van der Waals surface area contributed by atoms with Gasteiger partial charge in [-0.2, -0.15) is 0 Å². The molecule has 2 aromatic rings. The number of halogens is 2. The van der Waals surface area contributed by atoms with Gasteiger partial charge in [-0.3, -0.25) is 9.79 Å². The van der Waals surface area contributed by atoms with E-state index in [0.29, 0.717) is 19.6 Å². The zero-order chi connectivity index (χ0) is 18.1. The molecule has 8 heteroatoms. The fraction of sp³-hybridized carbons (Fsp3) is 0.333. The Morgan fingerprint density at radius 1 is 1.23 bits per heavy atom. The van der Waals surface area contributed by atoms with Crippen molar-refractivity contribution < 1.29 is 13.6 Å². The summed E-state index contributed by atoms with van der Waals surface area (Å²) in [4.78, 5) is 18.2. The van der Waals surface area contributed by atoms with E-state index in [-0.39, 0.29) is 41.5 Å². The maximum absolute atomic E-state index is 13.0. The number of guanidine groups is 1. The van der Waals surface area contributed by atoms with Crippen molar-refractivity contribution in [3.05, 3.63) is 59.8 Å². The van der Waals surface area contributed by atoms with Crippen LogP contribution in [-0.2, 0) is 6.54 Å². The fourth-order valence-electron chi connectivity index (χ4n) is 2.23. The summed E-state index contributed by atoms with van der Waals surface area (Å²) in [6.07, 6.45) is 1.46. The quantitative estimate of drug-likeness (QED) is 0.280. The van der Waals surface area contributed by atoms with E-state index in [4.69, 9.17) is 4.42 Å². The third-order valence-electron chi connectivity index (χ3n) is 3.43. The molecule has 1 aromatic carbocycles. The van der Waals surface area contributed by atoms with Gasteiger partial charge in [-0.1, -0.05) is 12.1 Å². The third-order valence-corrected chi connectivity index (χ3v) is 3.43. The van der Waals surface area contributed by atoms with Crippen LogP contribution in [0.1, 0.15) is 23.0 Å². The molecule has 0 saturated heterocycles. The number of carbonyl (C=O) groups is 1. The second kappa shape index (κ2) is 11.5. The van der Waals surface area contributed by atoms with Crippen molar-refractivity contribution in [3.63, 3.8) is 0 Å². The summed E-state index contributed by atoms with van der Waals surface area (Å²) in [5.74, 6) is 0.493. The summed E-state index contributed by atoms with van der Waals surface area (Å²) in [6, 6.07) is 9.66. The summed E-state index contributed by atoms with van der Waals surface area (Å²) in [6.45, 7) is 4.15. The van der Waals surface area contributed by atoms with Crippen LogP contribution in [0.2, 0.25) is 0 Å². The van der Waals surface area contributed by atoms with E-state index in [1.807, 2.05) is 18.9 Å². The molecule has 0 fully saturated rings. The number of carbonyl (C=O) groups excluding carboxylic acids is 1. The van der Waals surface area contributed by atoms with E-state index < -0.39 is 0 Å². The van der Waals surface area contributed by atoms with Gasteiger partial charge < -0.3 is 20.0 Å². The van der Waals surface area contributed by atoms with E-state index in [1.54, 1.807) is 24.3 Å². The lowest BCUT2D eigenvalue weighted by Gasteiger charge is -2.22. The summed E-state index contributed by atoms with van der Waals surface area (Å²) in [5, 5.41) is 5.95. The summed E-state index contributed by atoms with van der Waals surface area (Å²) < 4.78 is 18.0. The van der Waals surface area contributed by atoms with Crippen LogP contribution in [0.5, 0.6) is 0 Å². The average molecular weight is 474 g/mol. The van der Waals surface area contributed by atoms with Crippen LogP contribution in [-0.4, -0.2) is 43.4 Å². The number of furan rings is 1. The number of rotatable bonds is 7. The second-order valence-electron chi connectivity index (χ2n) is 5.45. The Morgan fingerprint density at radius 2 is 1.96 bits per heavy atom. The van der Waals surface area contributed by atoms with E-state index in [1.165, 1.54) is 18.4 Å². The molecule has 2 N–H and O–H groups in total. The highest BCUT2D eigenvalue weighted by Gasteiger charge is 2.08. The monoisotopic (exact) mass is 474 g/mol. The molecular weight excluding hydrogens is 450 g/mol. The zero-order valence-corrected chi connectivity index (χ0v) is 17.2. The van der Waals surface area contributed by atoms with Crippen molar-refractivity contribution >= 4 is 35.8 Å². The lowest BCUT2D eigenvalue weighted by molar-refractivity contribution is 0.0927. The van der Waals surface area contributed by atoms with Crippen molar-refractivity contribution in [1.29, 1.82) is 0 Å². The van der Waals surface area contributed by atoms with Crippen molar-refractivity contribution in [1.82, 2.24) is 15.5 Å². The first-order valence-corrected chi connectivity index (χ1v) is 8.15. The number of amides is 1. The summed E-state index contributed by atoms with van der Waals surface area (Å²) in [5.41, 5.74) is 0.987. The topological polar surface area (TPSA) is 69.9 Å². The van der Waals surface area contributed by atoms with Crippen LogP contribution >= 0.6 is 24.0 Å². The van der Waals surface area contributed by atoms with Gasteiger partial charge in [0.15, 0.2) is 11.7 Å². The minimum atomic E-state index is -0.259. The number of benzene rings is 1. The Balaban J connectivity index is 0.00000338. The highest BCUT2D eigenvalue weighted by atomic mass is 127.